The van der Waals surface area contributed by atoms with Gasteiger partial charge in [0.1, 0.15) is 0 Å². The molecule has 5 nitrogen and oxygen atoms in total. The van der Waals surface area contributed by atoms with E-state index in [-0.39, 0.29) is 11.6 Å². The van der Waals surface area contributed by atoms with Crippen molar-refractivity contribution in [2.24, 2.45) is 0 Å². The Labute approximate surface area is 119 Å². The number of benzene rings is 1. The van der Waals surface area contributed by atoms with Crippen molar-refractivity contribution in [2.75, 3.05) is 5.75 Å². The molecule has 0 spiro atoms. The number of nitrogens with zero attached hydrogens (tertiary/aromatic N) is 1. The van der Waals surface area contributed by atoms with E-state index in [9.17, 15) is 14.9 Å². The van der Waals surface area contributed by atoms with Crippen molar-refractivity contribution in [1.29, 1.82) is 0 Å². The van der Waals surface area contributed by atoms with E-state index in [2.05, 4.69) is 5.32 Å². The zero-order valence-corrected chi connectivity index (χ0v) is 11.7. The van der Waals surface area contributed by atoms with Crippen molar-refractivity contribution in [3.63, 3.8) is 0 Å². The molecule has 1 fully saturated rings. The van der Waals surface area contributed by atoms with E-state index in [0.29, 0.717) is 28.1 Å². The Bertz CT molecular complexity index is 506. The van der Waals surface area contributed by atoms with E-state index in [4.69, 9.17) is 11.6 Å². The third-order valence-electron chi connectivity index (χ3n) is 2.67. The molecule has 0 aliphatic heterocycles. The lowest BCUT2D eigenvalue weighted by Crippen LogP contribution is -2.27. The third-order valence-corrected chi connectivity index (χ3v) is 4.02. The summed E-state index contributed by atoms with van der Waals surface area (Å²) in [6.45, 7) is 0. The van der Waals surface area contributed by atoms with Crippen LogP contribution < -0.4 is 5.32 Å². The van der Waals surface area contributed by atoms with Crippen LogP contribution in [0.15, 0.2) is 18.2 Å². The maximum atomic E-state index is 11.5. The van der Waals surface area contributed by atoms with Crippen molar-refractivity contribution >= 4 is 35.0 Å². The summed E-state index contributed by atoms with van der Waals surface area (Å²) in [6, 6.07) is 4.69. The van der Waals surface area contributed by atoms with Gasteiger partial charge < -0.3 is 5.32 Å². The molecule has 0 radical (unpaired) electrons. The maximum Gasteiger partial charge on any atom is 0.269 e. The molecule has 1 aromatic rings. The van der Waals surface area contributed by atoms with Gasteiger partial charge in [-0.15, -0.1) is 11.8 Å². The molecule has 1 aliphatic rings. The standard InChI is InChI=1S/C12H13ClN2O3S/c13-11-4-3-10(15(17)18)5-8(11)6-19-7-12(16)14-9-1-2-9/h3-5,9H,1-2,6-7H2,(H,14,16). The lowest BCUT2D eigenvalue weighted by atomic mass is 10.2. The van der Waals surface area contributed by atoms with Crippen molar-refractivity contribution in [1.82, 2.24) is 5.32 Å². The van der Waals surface area contributed by atoms with Gasteiger partial charge in [-0.2, -0.15) is 0 Å². The predicted octanol–water partition coefficient (Wildman–Crippen LogP) is 2.76. The summed E-state index contributed by atoms with van der Waals surface area (Å²) >= 11 is 7.37. The molecule has 0 aromatic heterocycles. The first-order valence-corrected chi connectivity index (χ1v) is 7.39. The number of hydrogen-bond donors (Lipinski definition) is 1. The van der Waals surface area contributed by atoms with E-state index in [0.717, 1.165) is 12.8 Å². The van der Waals surface area contributed by atoms with E-state index >= 15 is 0 Å². The monoisotopic (exact) mass is 300 g/mol. The Hall–Kier alpha value is -1.27. The average Bonchev–Trinajstić information content (AvgIpc) is 3.15. The minimum atomic E-state index is -0.454. The summed E-state index contributed by atoms with van der Waals surface area (Å²) in [4.78, 5) is 21.7. The minimum Gasteiger partial charge on any atom is -0.353 e. The van der Waals surface area contributed by atoms with Gasteiger partial charge in [-0.3, -0.25) is 14.9 Å². The summed E-state index contributed by atoms with van der Waals surface area (Å²) in [5, 5.41) is 14.0. The molecule has 1 amide bonds. The fourth-order valence-corrected chi connectivity index (χ4v) is 2.63. The van der Waals surface area contributed by atoms with Gasteiger partial charge in [0.25, 0.3) is 5.69 Å². The van der Waals surface area contributed by atoms with Crippen LogP contribution in [0.2, 0.25) is 5.02 Å². The molecule has 1 saturated carbocycles. The van der Waals surface area contributed by atoms with Crippen LogP contribution in [0.25, 0.3) is 0 Å². The summed E-state index contributed by atoms with van der Waals surface area (Å²) in [7, 11) is 0. The van der Waals surface area contributed by atoms with Gasteiger partial charge in [0.2, 0.25) is 5.91 Å². The molecule has 1 N–H and O–H groups in total. The fourth-order valence-electron chi connectivity index (χ4n) is 1.54. The molecule has 2 rings (SSSR count). The van der Waals surface area contributed by atoms with E-state index < -0.39 is 4.92 Å². The van der Waals surface area contributed by atoms with Crippen molar-refractivity contribution in [2.45, 2.75) is 24.6 Å². The molecular formula is C12H13ClN2O3S. The van der Waals surface area contributed by atoms with E-state index in [1.165, 1.54) is 30.0 Å². The smallest absolute Gasteiger partial charge is 0.269 e. The van der Waals surface area contributed by atoms with Crippen molar-refractivity contribution in [3.8, 4) is 0 Å². The van der Waals surface area contributed by atoms with Crippen LogP contribution in [0.5, 0.6) is 0 Å². The highest BCUT2D eigenvalue weighted by Crippen LogP contribution is 2.26. The van der Waals surface area contributed by atoms with Crippen LogP contribution in [-0.4, -0.2) is 22.6 Å². The van der Waals surface area contributed by atoms with Gasteiger partial charge in [0.15, 0.2) is 0 Å². The third kappa shape index (κ3) is 4.40. The number of nitro groups is 1. The van der Waals surface area contributed by atoms with Gasteiger partial charge in [-0.05, 0) is 24.5 Å². The molecule has 0 bridgehead atoms. The van der Waals surface area contributed by atoms with Gasteiger partial charge in [-0.25, -0.2) is 0 Å². The summed E-state index contributed by atoms with van der Waals surface area (Å²) in [5.41, 5.74) is 0.697. The van der Waals surface area contributed by atoms with Crippen LogP contribution in [0, 0.1) is 10.1 Å². The summed E-state index contributed by atoms with van der Waals surface area (Å²) in [6.07, 6.45) is 2.13. The Morgan fingerprint density at radius 2 is 2.26 bits per heavy atom. The number of hydrogen-bond acceptors (Lipinski definition) is 4. The Balaban J connectivity index is 1.85. The number of non-ortho nitro benzene ring substituents is 1. The molecule has 0 unspecified atom stereocenters. The first-order chi connectivity index (χ1) is 9.06. The van der Waals surface area contributed by atoms with Crippen LogP contribution >= 0.6 is 23.4 Å². The summed E-state index contributed by atoms with van der Waals surface area (Å²) in [5.74, 6) is 0.836. The fraction of sp³-hybridized carbons (Fsp3) is 0.417. The molecule has 0 atom stereocenters. The zero-order valence-electron chi connectivity index (χ0n) is 10.1. The van der Waals surface area contributed by atoms with Gasteiger partial charge >= 0.3 is 0 Å². The molecule has 0 saturated heterocycles. The van der Waals surface area contributed by atoms with Crippen LogP contribution in [0.4, 0.5) is 5.69 Å². The molecule has 0 heterocycles. The predicted molar refractivity (Wildman–Crippen MR) is 75.4 cm³/mol. The van der Waals surface area contributed by atoms with Gasteiger partial charge in [-0.1, -0.05) is 11.6 Å². The Kier molecular flexibility index (Phi) is 4.66. The van der Waals surface area contributed by atoms with E-state index in [1.54, 1.807) is 0 Å². The first-order valence-electron chi connectivity index (χ1n) is 5.86. The minimum absolute atomic E-state index is 0.00838. The Morgan fingerprint density at radius 1 is 1.53 bits per heavy atom. The number of halogens is 1. The molecule has 102 valence electrons. The van der Waals surface area contributed by atoms with Gasteiger partial charge in [0.05, 0.1) is 10.7 Å². The highest BCUT2D eigenvalue weighted by Gasteiger charge is 2.22. The number of carbonyl (C=O) groups excluding carboxylic acids is 1. The van der Waals surface area contributed by atoms with Crippen molar-refractivity contribution < 1.29 is 9.72 Å². The maximum absolute atomic E-state index is 11.5. The number of carbonyl (C=O) groups is 1. The summed E-state index contributed by atoms with van der Waals surface area (Å²) < 4.78 is 0. The topological polar surface area (TPSA) is 72.2 Å². The first kappa shape index (κ1) is 14.1. The lowest BCUT2D eigenvalue weighted by molar-refractivity contribution is -0.384. The molecule has 19 heavy (non-hydrogen) atoms. The number of nitro benzene ring substituents is 1. The number of nitrogens with one attached hydrogen (secondary N) is 1. The zero-order chi connectivity index (χ0) is 13.8. The van der Waals surface area contributed by atoms with Crippen LogP contribution in [0.3, 0.4) is 0 Å². The molecule has 7 heteroatoms. The highest BCUT2D eigenvalue weighted by molar-refractivity contribution is 7.99. The average molecular weight is 301 g/mol. The molecular weight excluding hydrogens is 288 g/mol. The largest absolute Gasteiger partial charge is 0.353 e. The number of rotatable bonds is 6. The SMILES string of the molecule is O=C(CSCc1cc([N+](=O)[O-])ccc1Cl)NC1CC1. The second-order valence-corrected chi connectivity index (χ2v) is 5.76. The number of amides is 1. The second kappa shape index (κ2) is 6.25. The quantitative estimate of drug-likeness (QED) is 0.647. The highest BCUT2D eigenvalue weighted by atomic mass is 35.5. The number of thioether (sulfide) groups is 1. The van der Waals surface area contributed by atoms with Gasteiger partial charge in [0, 0.05) is 29.0 Å². The van der Waals surface area contributed by atoms with Crippen LogP contribution in [0.1, 0.15) is 18.4 Å². The van der Waals surface area contributed by atoms with E-state index in [1.807, 2.05) is 0 Å². The van der Waals surface area contributed by atoms with Crippen LogP contribution in [-0.2, 0) is 10.5 Å². The second-order valence-electron chi connectivity index (χ2n) is 4.37. The molecule has 1 aromatic carbocycles. The molecule has 1 aliphatic carbocycles. The van der Waals surface area contributed by atoms with Crippen molar-refractivity contribution in [3.05, 3.63) is 38.9 Å². The Morgan fingerprint density at radius 3 is 2.89 bits per heavy atom. The lowest BCUT2D eigenvalue weighted by Gasteiger charge is -2.05. The normalized spacial score (nSPS) is 14.2.